The number of aromatic nitrogens is 2. The number of nitrogens with one attached hydrogen (secondary N) is 1. The van der Waals surface area contributed by atoms with Crippen LogP contribution in [-0.2, 0) is 14.1 Å². The van der Waals surface area contributed by atoms with Crippen molar-refractivity contribution in [2.75, 3.05) is 37.7 Å². The monoisotopic (exact) mass is 371 g/mol. The molecule has 0 spiro atoms. The van der Waals surface area contributed by atoms with E-state index in [0.717, 1.165) is 10.3 Å². The lowest BCUT2D eigenvalue weighted by Gasteiger charge is -2.25. The molecule has 2 aromatic rings. The van der Waals surface area contributed by atoms with Gasteiger partial charge in [0.25, 0.3) is 5.56 Å². The highest BCUT2D eigenvalue weighted by Crippen LogP contribution is 2.11. The van der Waals surface area contributed by atoms with Gasteiger partial charge in [-0.15, -0.1) is 0 Å². The maximum absolute atomic E-state index is 12.1. The van der Waals surface area contributed by atoms with Gasteiger partial charge in [0.1, 0.15) is 18.2 Å². The summed E-state index contributed by atoms with van der Waals surface area (Å²) in [6, 6.07) is 10.5. The molecule has 1 aromatic carbocycles. The first-order chi connectivity index (χ1) is 13.0. The number of nitriles is 1. The Bertz CT molecular complexity index is 909. The fraction of sp³-hybridized carbons (Fsp3) is 0.421. The van der Waals surface area contributed by atoms with E-state index in [0.29, 0.717) is 44.2 Å². The summed E-state index contributed by atoms with van der Waals surface area (Å²) in [7, 11) is 3.14. The molecule has 0 aliphatic rings. The summed E-state index contributed by atoms with van der Waals surface area (Å²) in [6.07, 6.45) is 0. The van der Waals surface area contributed by atoms with Crippen LogP contribution < -0.4 is 26.2 Å². The Kier molecular flexibility index (Phi) is 7.20. The predicted molar refractivity (Wildman–Crippen MR) is 104 cm³/mol. The minimum absolute atomic E-state index is 0.310. The van der Waals surface area contributed by atoms with Crippen molar-refractivity contribution in [3.63, 3.8) is 0 Å². The standard InChI is InChI=1S/C19H25N5O3/c1-4-24(17-13-18(25)23(3)19(26)22(17)2)11-9-21-10-12-27-16-7-5-15(14-20)6-8-16/h5-8,13,21H,4,9-12H2,1-3H3. The highest BCUT2D eigenvalue weighted by Gasteiger charge is 2.11. The number of hydrogen-bond donors (Lipinski definition) is 1. The molecule has 0 radical (unpaired) electrons. The molecule has 0 aliphatic carbocycles. The first kappa shape index (κ1) is 20.3. The van der Waals surface area contributed by atoms with E-state index >= 15 is 0 Å². The number of nitrogens with zero attached hydrogens (tertiary/aromatic N) is 4. The first-order valence-electron chi connectivity index (χ1n) is 8.83. The van der Waals surface area contributed by atoms with Crippen LogP contribution in [0.5, 0.6) is 5.75 Å². The molecule has 0 atom stereocenters. The molecule has 8 heteroatoms. The fourth-order valence-corrected chi connectivity index (χ4v) is 2.67. The topological polar surface area (TPSA) is 92.3 Å². The van der Waals surface area contributed by atoms with Crippen LogP contribution in [0.1, 0.15) is 12.5 Å². The molecule has 8 nitrogen and oxygen atoms in total. The van der Waals surface area contributed by atoms with Crippen LogP contribution in [0.4, 0.5) is 5.82 Å². The molecular weight excluding hydrogens is 346 g/mol. The summed E-state index contributed by atoms with van der Waals surface area (Å²) in [5, 5.41) is 12.1. The summed E-state index contributed by atoms with van der Waals surface area (Å²) in [4.78, 5) is 25.9. The van der Waals surface area contributed by atoms with E-state index < -0.39 is 0 Å². The third-order valence-corrected chi connectivity index (χ3v) is 4.30. The van der Waals surface area contributed by atoms with Crippen LogP contribution in [0.2, 0.25) is 0 Å². The molecule has 2 rings (SSSR count). The second-order valence-electron chi connectivity index (χ2n) is 6.06. The number of benzene rings is 1. The second-order valence-corrected chi connectivity index (χ2v) is 6.06. The lowest BCUT2D eigenvalue weighted by molar-refractivity contribution is 0.314. The minimum Gasteiger partial charge on any atom is -0.492 e. The summed E-state index contributed by atoms with van der Waals surface area (Å²) in [5.41, 5.74) is -0.0414. The Balaban J connectivity index is 1.81. The highest BCUT2D eigenvalue weighted by molar-refractivity contribution is 5.38. The van der Waals surface area contributed by atoms with Crippen molar-refractivity contribution >= 4 is 5.82 Å². The number of ether oxygens (including phenoxy) is 1. The van der Waals surface area contributed by atoms with Crippen LogP contribution in [-0.4, -0.2) is 41.9 Å². The Hall–Kier alpha value is -3.05. The van der Waals surface area contributed by atoms with Crippen LogP contribution in [0.15, 0.2) is 39.9 Å². The van der Waals surface area contributed by atoms with Crippen molar-refractivity contribution in [3.8, 4) is 11.8 Å². The van der Waals surface area contributed by atoms with Gasteiger partial charge < -0.3 is 15.0 Å². The molecule has 1 heterocycles. The number of anilines is 1. The number of rotatable bonds is 9. The van der Waals surface area contributed by atoms with Gasteiger partial charge in [0.05, 0.1) is 11.6 Å². The normalized spacial score (nSPS) is 10.4. The van der Waals surface area contributed by atoms with Crippen LogP contribution >= 0.6 is 0 Å². The van der Waals surface area contributed by atoms with Gasteiger partial charge in [-0.05, 0) is 31.2 Å². The summed E-state index contributed by atoms with van der Waals surface area (Å²) in [6.45, 7) is 5.18. The van der Waals surface area contributed by atoms with Crippen molar-refractivity contribution in [1.29, 1.82) is 5.26 Å². The van der Waals surface area contributed by atoms with E-state index in [1.54, 1.807) is 31.3 Å². The first-order valence-corrected chi connectivity index (χ1v) is 8.83. The van der Waals surface area contributed by atoms with E-state index in [1.165, 1.54) is 17.7 Å². The molecule has 27 heavy (non-hydrogen) atoms. The van der Waals surface area contributed by atoms with E-state index in [-0.39, 0.29) is 11.2 Å². The van der Waals surface area contributed by atoms with Crippen LogP contribution in [0.25, 0.3) is 0 Å². The molecule has 0 aliphatic heterocycles. The molecule has 0 saturated carbocycles. The Morgan fingerprint density at radius 2 is 1.85 bits per heavy atom. The van der Waals surface area contributed by atoms with E-state index in [4.69, 9.17) is 10.00 Å². The summed E-state index contributed by atoms with van der Waals surface area (Å²) >= 11 is 0. The largest absolute Gasteiger partial charge is 0.492 e. The van der Waals surface area contributed by atoms with Crippen LogP contribution in [0, 0.1) is 11.3 Å². The second kappa shape index (κ2) is 9.59. The van der Waals surface area contributed by atoms with E-state index in [1.807, 2.05) is 11.8 Å². The van der Waals surface area contributed by atoms with Gasteiger partial charge in [-0.1, -0.05) is 0 Å². The average Bonchev–Trinajstić information content (AvgIpc) is 2.69. The quantitative estimate of drug-likeness (QED) is 0.644. The molecule has 0 amide bonds. The van der Waals surface area contributed by atoms with Gasteiger partial charge in [-0.3, -0.25) is 13.9 Å². The van der Waals surface area contributed by atoms with Crippen molar-refractivity contribution < 1.29 is 4.74 Å². The molecule has 1 aromatic heterocycles. The maximum atomic E-state index is 12.1. The van der Waals surface area contributed by atoms with Crippen molar-refractivity contribution in [3.05, 3.63) is 56.7 Å². The van der Waals surface area contributed by atoms with Gasteiger partial charge >= 0.3 is 5.69 Å². The molecule has 144 valence electrons. The van der Waals surface area contributed by atoms with Gasteiger partial charge in [-0.2, -0.15) is 5.26 Å². The zero-order valence-corrected chi connectivity index (χ0v) is 15.9. The summed E-state index contributed by atoms with van der Waals surface area (Å²) < 4.78 is 8.19. The molecule has 0 saturated heterocycles. The zero-order chi connectivity index (χ0) is 19.8. The highest BCUT2D eigenvalue weighted by atomic mass is 16.5. The van der Waals surface area contributed by atoms with Crippen molar-refractivity contribution in [2.45, 2.75) is 6.92 Å². The third kappa shape index (κ3) is 5.21. The van der Waals surface area contributed by atoms with Gasteiger partial charge in [-0.25, -0.2) is 4.79 Å². The molecular formula is C19H25N5O3. The predicted octanol–water partition coefficient (Wildman–Crippen LogP) is 0.451. The third-order valence-electron chi connectivity index (χ3n) is 4.30. The minimum atomic E-state index is -0.334. The molecule has 0 bridgehead atoms. The Labute approximate surface area is 158 Å². The number of likely N-dealkylation sites (N-methyl/N-ethyl adjacent to an activating group) is 1. The Morgan fingerprint density at radius 1 is 1.15 bits per heavy atom. The molecule has 0 fully saturated rings. The Morgan fingerprint density at radius 3 is 2.48 bits per heavy atom. The van der Waals surface area contributed by atoms with Crippen molar-refractivity contribution in [2.24, 2.45) is 14.1 Å². The SMILES string of the molecule is CCN(CCNCCOc1ccc(C#N)cc1)c1cc(=O)n(C)c(=O)n1C. The lowest BCUT2D eigenvalue weighted by atomic mass is 10.2. The van der Waals surface area contributed by atoms with Crippen LogP contribution in [0.3, 0.4) is 0 Å². The smallest absolute Gasteiger partial charge is 0.332 e. The van der Waals surface area contributed by atoms with Crippen molar-refractivity contribution in [1.82, 2.24) is 14.5 Å². The summed E-state index contributed by atoms with van der Waals surface area (Å²) in [5.74, 6) is 1.34. The van der Waals surface area contributed by atoms with E-state index in [2.05, 4.69) is 11.4 Å². The molecule has 1 N–H and O–H groups in total. The zero-order valence-electron chi connectivity index (χ0n) is 15.9. The van der Waals surface area contributed by atoms with E-state index in [9.17, 15) is 9.59 Å². The lowest BCUT2D eigenvalue weighted by Crippen LogP contribution is -2.42. The van der Waals surface area contributed by atoms with Gasteiger partial charge in [0.2, 0.25) is 0 Å². The number of hydrogen-bond acceptors (Lipinski definition) is 6. The van der Waals surface area contributed by atoms with Gasteiger partial charge in [0.15, 0.2) is 0 Å². The maximum Gasteiger partial charge on any atom is 0.332 e. The average molecular weight is 371 g/mol. The fourth-order valence-electron chi connectivity index (χ4n) is 2.67. The molecule has 0 unspecified atom stereocenters. The van der Waals surface area contributed by atoms with Gasteiger partial charge in [0, 0.05) is 46.3 Å².